The standard InChI is InChI=1S/C22H17F5O2/c1-29-19-10-6-5-9-18(19)20(28,21(23,24)22(25,26)27)17-13-11-16(12-14-17)15-7-3-2-4-8-15/h2-14,28H,1H3. The number of methoxy groups -OCH3 is 1. The summed E-state index contributed by atoms with van der Waals surface area (Å²) >= 11 is 0. The number of aliphatic hydroxyl groups is 1. The van der Waals surface area contributed by atoms with Gasteiger partial charge in [-0.3, -0.25) is 0 Å². The number of para-hydroxylation sites is 1. The van der Waals surface area contributed by atoms with Crippen LogP contribution in [0.1, 0.15) is 11.1 Å². The van der Waals surface area contributed by atoms with Gasteiger partial charge < -0.3 is 9.84 Å². The highest BCUT2D eigenvalue weighted by Crippen LogP contribution is 2.53. The maximum Gasteiger partial charge on any atom is 0.457 e. The first-order chi connectivity index (χ1) is 13.6. The van der Waals surface area contributed by atoms with E-state index in [0.717, 1.165) is 30.9 Å². The normalized spacial score (nSPS) is 14.3. The molecule has 0 aliphatic carbocycles. The molecule has 0 heterocycles. The molecule has 29 heavy (non-hydrogen) atoms. The van der Waals surface area contributed by atoms with E-state index in [1.54, 1.807) is 30.3 Å². The van der Waals surface area contributed by atoms with Crippen LogP contribution in [0.2, 0.25) is 0 Å². The molecule has 0 saturated carbocycles. The summed E-state index contributed by atoms with van der Waals surface area (Å²) in [5, 5.41) is 10.9. The molecule has 0 spiro atoms. The highest BCUT2D eigenvalue weighted by molar-refractivity contribution is 5.64. The predicted octanol–water partition coefficient (Wildman–Crippen LogP) is 5.80. The summed E-state index contributed by atoms with van der Waals surface area (Å²) in [5.74, 6) is -5.77. The Morgan fingerprint density at radius 1 is 0.690 bits per heavy atom. The quantitative estimate of drug-likeness (QED) is 0.541. The van der Waals surface area contributed by atoms with Crippen molar-refractivity contribution in [3.63, 3.8) is 0 Å². The molecule has 0 aromatic heterocycles. The van der Waals surface area contributed by atoms with Gasteiger partial charge in [0.1, 0.15) is 5.75 Å². The van der Waals surface area contributed by atoms with Crippen LogP contribution in [-0.2, 0) is 5.60 Å². The number of ether oxygens (including phenoxy) is 1. The lowest BCUT2D eigenvalue weighted by molar-refractivity contribution is -0.336. The average Bonchev–Trinajstić information content (AvgIpc) is 2.73. The summed E-state index contributed by atoms with van der Waals surface area (Å²) in [6.07, 6.45) is -6.00. The zero-order valence-electron chi connectivity index (χ0n) is 15.3. The van der Waals surface area contributed by atoms with E-state index >= 15 is 0 Å². The Balaban J connectivity index is 2.21. The van der Waals surface area contributed by atoms with Gasteiger partial charge in [0.2, 0.25) is 0 Å². The Labute approximate surface area is 164 Å². The number of alkyl halides is 5. The number of benzene rings is 3. The minimum Gasteiger partial charge on any atom is -0.496 e. The molecule has 1 atom stereocenters. The maximum absolute atomic E-state index is 14.7. The van der Waals surface area contributed by atoms with Crippen LogP contribution in [0.25, 0.3) is 11.1 Å². The van der Waals surface area contributed by atoms with Crippen LogP contribution >= 0.6 is 0 Å². The highest BCUT2D eigenvalue weighted by Gasteiger charge is 2.71. The highest BCUT2D eigenvalue weighted by atomic mass is 19.4. The number of halogens is 5. The van der Waals surface area contributed by atoms with E-state index in [4.69, 9.17) is 4.74 Å². The zero-order valence-corrected chi connectivity index (χ0v) is 15.3. The first kappa shape index (κ1) is 20.8. The van der Waals surface area contributed by atoms with E-state index in [1.165, 1.54) is 30.3 Å². The fraction of sp³-hybridized carbons (Fsp3) is 0.182. The van der Waals surface area contributed by atoms with Crippen molar-refractivity contribution in [1.82, 2.24) is 0 Å². The second-order valence-electron chi connectivity index (χ2n) is 6.43. The SMILES string of the molecule is COc1ccccc1C(O)(c1ccc(-c2ccccc2)cc1)C(F)(F)C(F)(F)F. The summed E-state index contributed by atoms with van der Waals surface area (Å²) in [5.41, 5.74) is -3.62. The van der Waals surface area contributed by atoms with E-state index < -0.39 is 28.8 Å². The van der Waals surface area contributed by atoms with E-state index in [1.807, 2.05) is 0 Å². The second-order valence-corrected chi connectivity index (χ2v) is 6.43. The van der Waals surface area contributed by atoms with Crippen LogP contribution in [0.3, 0.4) is 0 Å². The van der Waals surface area contributed by atoms with Gasteiger partial charge in [0, 0.05) is 5.56 Å². The Morgan fingerprint density at radius 3 is 1.76 bits per heavy atom. The Bertz CT molecular complexity index is 968. The van der Waals surface area contributed by atoms with Crippen LogP contribution < -0.4 is 4.74 Å². The second kappa shape index (κ2) is 7.48. The Hall–Kier alpha value is -2.93. The van der Waals surface area contributed by atoms with Crippen molar-refractivity contribution in [2.45, 2.75) is 17.7 Å². The molecular weight excluding hydrogens is 391 g/mol. The Kier molecular flexibility index (Phi) is 5.36. The fourth-order valence-electron chi connectivity index (χ4n) is 3.19. The third kappa shape index (κ3) is 3.46. The minimum atomic E-state index is -6.00. The molecule has 3 aromatic carbocycles. The van der Waals surface area contributed by atoms with Gasteiger partial charge in [-0.25, -0.2) is 0 Å². The van der Waals surface area contributed by atoms with Gasteiger partial charge in [0.25, 0.3) is 0 Å². The largest absolute Gasteiger partial charge is 0.496 e. The summed E-state index contributed by atoms with van der Waals surface area (Å²) in [7, 11) is 1.13. The molecule has 0 bridgehead atoms. The van der Waals surface area contributed by atoms with Gasteiger partial charge in [-0.15, -0.1) is 0 Å². The maximum atomic E-state index is 14.7. The summed E-state index contributed by atoms with van der Waals surface area (Å²) in [6, 6.07) is 18.6. The summed E-state index contributed by atoms with van der Waals surface area (Å²) < 4.78 is 74.3. The number of hydrogen-bond acceptors (Lipinski definition) is 2. The van der Waals surface area contributed by atoms with E-state index in [2.05, 4.69) is 0 Å². The molecule has 3 rings (SSSR count). The average molecular weight is 408 g/mol. The molecule has 1 N–H and O–H groups in total. The first-order valence-corrected chi connectivity index (χ1v) is 8.59. The number of hydrogen-bond donors (Lipinski definition) is 1. The lowest BCUT2D eigenvalue weighted by atomic mass is 9.79. The van der Waals surface area contributed by atoms with Crippen molar-refractivity contribution in [3.8, 4) is 16.9 Å². The third-order valence-corrected chi connectivity index (χ3v) is 4.72. The van der Waals surface area contributed by atoms with Crippen molar-refractivity contribution in [3.05, 3.63) is 90.0 Å². The van der Waals surface area contributed by atoms with Crippen LogP contribution in [0.15, 0.2) is 78.9 Å². The predicted molar refractivity (Wildman–Crippen MR) is 98.9 cm³/mol. The van der Waals surface area contributed by atoms with Crippen LogP contribution in [0.5, 0.6) is 5.75 Å². The third-order valence-electron chi connectivity index (χ3n) is 4.72. The monoisotopic (exact) mass is 408 g/mol. The number of rotatable bonds is 5. The van der Waals surface area contributed by atoms with E-state index in [-0.39, 0.29) is 5.75 Å². The van der Waals surface area contributed by atoms with Crippen molar-refractivity contribution >= 4 is 0 Å². The molecule has 0 aliphatic rings. The fourth-order valence-corrected chi connectivity index (χ4v) is 3.19. The van der Waals surface area contributed by atoms with Crippen molar-refractivity contribution < 1.29 is 31.8 Å². The lowest BCUT2D eigenvalue weighted by Crippen LogP contribution is -2.55. The molecule has 0 aliphatic heterocycles. The summed E-state index contributed by atoms with van der Waals surface area (Å²) in [4.78, 5) is 0. The van der Waals surface area contributed by atoms with Crippen molar-refractivity contribution in [2.75, 3.05) is 7.11 Å². The zero-order chi connectivity index (χ0) is 21.3. The van der Waals surface area contributed by atoms with Crippen LogP contribution in [0, 0.1) is 0 Å². The Morgan fingerprint density at radius 2 is 1.21 bits per heavy atom. The van der Waals surface area contributed by atoms with Crippen LogP contribution in [-0.4, -0.2) is 24.3 Å². The molecule has 152 valence electrons. The topological polar surface area (TPSA) is 29.5 Å². The molecule has 0 radical (unpaired) electrons. The molecule has 2 nitrogen and oxygen atoms in total. The molecule has 1 unspecified atom stereocenters. The lowest BCUT2D eigenvalue weighted by Gasteiger charge is -2.38. The van der Waals surface area contributed by atoms with Gasteiger partial charge in [-0.2, -0.15) is 22.0 Å². The van der Waals surface area contributed by atoms with Gasteiger partial charge in [0.15, 0.2) is 5.60 Å². The van der Waals surface area contributed by atoms with Gasteiger partial charge in [0.05, 0.1) is 7.11 Å². The minimum absolute atomic E-state index is 0.286. The van der Waals surface area contributed by atoms with Gasteiger partial charge in [-0.05, 0) is 22.8 Å². The van der Waals surface area contributed by atoms with Crippen molar-refractivity contribution in [1.29, 1.82) is 0 Å². The van der Waals surface area contributed by atoms with E-state index in [9.17, 15) is 27.1 Å². The van der Waals surface area contributed by atoms with Gasteiger partial charge >= 0.3 is 12.1 Å². The van der Waals surface area contributed by atoms with Crippen molar-refractivity contribution in [2.24, 2.45) is 0 Å². The van der Waals surface area contributed by atoms with Crippen LogP contribution in [0.4, 0.5) is 22.0 Å². The molecule has 3 aromatic rings. The molecule has 7 heteroatoms. The molecular formula is C22H17F5O2. The molecule has 0 saturated heterocycles. The smallest absolute Gasteiger partial charge is 0.457 e. The van der Waals surface area contributed by atoms with E-state index in [0.29, 0.717) is 5.56 Å². The molecule has 0 fully saturated rings. The first-order valence-electron chi connectivity index (χ1n) is 8.59. The summed E-state index contributed by atoms with van der Waals surface area (Å²) in [6.45, 7) is 0. The molecule has 0 amide bonds. The van der Waals surface area contributed by atoms with Gasteiger partial charge in [-0.1, -0.05) is 72.8 Å².